The number of fused-ring (bicyclic) bond motifs is 1. The third-order valence-electron chi connectivity index (χ3n) is 1.72. The van der Waals surface area contributed by atoms with Crippen molar-refractivity contribution in [3.8, 4) is 0 Å². The average Bonchev–Trinajstić information content (AvgIpc) is 2.44. The molecule has 0 saturated heterocycles. The zero-order valence-corrected chi connectivity index (χ0v) is 7.81. The van der Waals surface area contributed by atoms with E-state index in [1.165, 1.54) is 0 Å². The molecular weight excluding hydrogens is 171 g/mol. The Kier molecular flexibility index (Phi) is 1.70. The minimum Gasteiger partial charge on any atom is -0.385 e. The van der Waals surface area contributed by atoms with Crippen molar-refractivity contribution < 1.29 is 0 Å². The summed E-state index contributed by atoms with van der Waals surface area (Å²) in [5.41, 5.74) is 2.76. The number of anilines is 1. The highest BCUT2D eigenvalue weighted by molar-refractivity contribution is 7.14. The standard InChI is InChI=1S/C7H9N4P/c1-8-5-4-11(12)7-6(5)9-2-3-10-7/h2-4,8H,12H2,1H3. The van der Waals surface area contributed by atoms with Gasteiger partial charge in [0.05, 0.1) is 5.69 Å². The zero-order chi connectivity index (χ0) is 8.55. The topological polar surface area (TPSA) is 42.7 Å². The minimum absolute atomic E-state index is 0.867. The first-order chi connectivity index (χ1) is 5.83. The molecule has 1 atom stereocenters. The highest BCUT2D eigenvalue weighted by Gasteiger charge is 2.05. The third-order valence-corrected chi connectivity index (χ3v) is 2.11. The largest absolute Gasteiger partial charge is 0.385 e. The van der Waals surface area contributed by atoms with Crippen LogP contribution >= 0.6 is 9.39 Å². The summed E-state index contributed by atoms with van der Waals surface area (Å²) in [6, 6.07) is 0. The van der Waals surface area contributed by atoms with Crippen molar-refractivity contribution in [1.82, 2.24) is 14.3 Å². The Balaban J connectivity index is 2.82. The summed E-state index contributed by atoms with van der Waals surface area (Å²) in [7, 11) is 4.44. The molecule has 0 aromatic carbocycles. The number of rotatable bonds is 1. The molecule has 2 heterocycles. The van der Waals surface area contributed by atoms with Gasteiger partial charge in [0.15, 0.2) is 5.65 Å². The van der Waals surface area contributed by atoms with Gasteiger partial charge in [-0.15, -0.1) is 0 Å². The molecule has 0 radical (unpaired) electrons. The molecular formula is C7H9N4P. The molecule has 0 saturated carbocycles. The van der Waals surface area contributed by atoms with Crippen LogP contribution in [0.3, 0.4) is 0 Å². The highest BCUT2D eigenvalue weighted by Crippen LogP contribution is 2.22. The summed E-state index contributed by atoms with van der Waals surface area (Å²) < 4.78 is 1.87. The van der Waals surface area contributed by atoms with Crippen LogP contribution in [-0.2, 0) is 0 Å². The predicted octanol–water partition coefficient (Wildman–Crippen LogP) is 1.11. The van der Waals surface area contributed by atoms with Gasteiger partial charge < -0.3 is 9.65 Å². The van der Waals surface area contributed by atoms with E-state index in [1.54, 1.807) is 12.4 Å². The Labute approximate surface area is 72.3 Å². The van der Waals surface area contributed by atoms with Gasteiger partial charge in [-0.1, -0.05) is 0 Å². The Morgan fingerprint density at radius 1 is 1.42 bits per heavy atom. The molecule has 0 aliphatic heterocycles. The summed E-state index contributed by atoms with van der Waals surface area (Å²) in [6.07, 6.45) is 5.31. The Hall–Kier alpha value is -1.15. The molecule has 1 unspecified atom stereocenters. The first-order valence-electron chi connectivity index (χ1n) is 3.58. The summed E-state index contributed by atoms with van der Waals surface area (Å²) in [5.74, 6) is 0. The molecule has 4 nitrogen and oxygen atoms in total. The first kappa shape index (κ1) is 7.50. The number of hydrogen-bond donors (Lipinski definition) is 1. The maximum Gasteiger partial charge on any atom is 0.163 e. The van der Waals surface area contributed by atoms with Crippen molar-refractivity contribution in [3.05, 3.63) is 18.6 Å². The van der Waals surface area contributed by atoms with E-state index in [-0.39, 0.29) is 0 Å². The molecule has 62 valence electrons. The molecule has 0 spiro atoms. The average molecular weight is 180 g/mol. The van der Waals surface area contributed by atoms with Gasteiger partial charge >= 0.3 is 0 Å². The SMILES string of the molecule is CNc1cn(P)c2nccnc12. The number of nitrogens with zero attached hydrogens (tertiary/aromatic N) is 3. The van der Waals surface area contributed by atoms with Gasteiger partial charge in [0.25, 0.3) is 0 Å². The summed E-state index contributed by atoms with van der Waals surface area (Å²) in [5, 5.41) is 3.05. The normalized spacial score (nSPS) is 10.5. The van der Waals surface area contributed by atoms with E-state index in [1.807, 2.05) is 17.6 Å². The highest BCUT2D eigenvalue weighted by atomic mass is 31.0. The molecule has 0 aliphatic rings. The predicted molar refractivity (Wildman–Crippen MR) is 52.2 cm³/mol. The number of hydrogen-bond acceptors (Lipinski definition) is 3. The van der Waals surface area contributed by atoms with Crippen molar-refractivity contribution in [2.45, 2.75) is 0 Å². The summed E-state index contributed by atoms with van der Waals surface area (Å²) in [6.45, 7) is 0. The minimum atomic E-state index is 0.867. The van der Waals surface area contributed by atoms with Crippen LogP contribution in [0.5, 0.6) is 0 Å². The van der Waals surface area contributed by atoms with Crippen molar-refractivity contribution >= 4 is 26.2 Å². The van der Waals surface area contributed by atoms with Gasteiger partial charge in [-0.05, 0) is 9.39 Å². The van der Waals surface area contributed by atoms with Gasteiger partial charge in [0.2, 0.25) is 0 Å². The van der Waals surface area contributed by atoms with Gasteiger partial charge in [0.1, 0.15) is 5.52 Å². The molecule has 0 aliphatic carbocycles. The molecule has 0 fully saturated rings. The maximum absolute atomic E-state index is 4.21. The monoisotopic (exact) mass is 180 g/mol. The van der Waals surface area contributed by atoms with Crippen LogP contribution in [-0.4, -0.2) is 21.4 Å². The molecule has 2 aromatic heterocycles. The van der Waals surface area contributed by atoms with Crippen molar-refractivity contribution in [1.29, 1.82) is 0 Å². The van der Waals surface area contributed by atoms with Gasteiger partial charge in [-0.2, -0.15) is 0 Å². The molecule has 2 rings (SSSR count). The second kappa shape index (κ2) is 2.72. The van der Waals surface area contributed by atoms with Gasteiger partial charge in [-0.25, -0.2) is 9.97 Å². The second-order valence-electron chi connectivity index (χ2n) is 2.43. The molecule has 5 heteroatoms. The zero-order valence-electron chi connectivity index (χ0n) is 6.65. The third kappa shape index (κ3) is 0.959. The van der Waals surface area contributed by atoms with E-state index >= 15 is 0 Å². The van der Waals surface area contributed by atoms with Crippen molar-refractivity contribution in [2.24, 2.45) is 0 Å². The van der Waals surface area contributed by atoms with Crippen LogP contribution in [0.1, 0.15) is 0 Å². The fourth-order valence-electron chi connectivity index (χ4n) is 1.15. The second-order valence-corrected chi connectivity index (χ2v) is 2.98. The lowest BCUT2D eigenvalue weighted by Crippen LogP contribution is -1.86. The summed E-state index contributed by atoms with van der Waals surface area (Å²) in [4.78, 5) is 8.40. The van der Waals surface area contributed by atoms with E-state index in [4.69, 9.17) is 0 Å². The van der Waals surface area contributed by atoms with Crippen LogP contribution in [0.25, 0.3) is 11.2 Å². The molecule has 12 heavy (non-hydrogen) atoms. The smallest absolute Gasteiger partial charge is 0.163 e. The summed E-state index contributed by atoms with van der Waals surface area (Å²) >= 11 is 0. The Morgan fingerprint density at radius 2 is 2.17 bits per heavy atom. The van der Waals surface area contributed by atoms with E-state index in [9.17, 15) is 0 Å². The van der Waals surface area contributed by atoms with Gasteiger partial charge in [0, 0.05) is 25.6 Å². The molecule has 0 amide bonds. The van der Waals surface area contributed by atoms with Crippen LogP contribution in [0.4, 0.5) is 5.69 Å². The van der Waals surface area contributed by atoms with E-state index in [0.29, 0.717) is 0 Å². The van der Waals surface area contributed by atoms with Crippen molar-refractivity contribution in [3.63, 3.8) is 0 Å². The lowest BCUT2D eigenvalue weighted by Gasteiger charge is -1.92. The lowest BCUT2D eigenvalue weighted by molar-refractivity contribution is 1.23. The Morgan fingerprint density at radius 3 is 2.92 bits per heavy atom. The van der Waals surface area contributed by atoms with Crippen LogP contribution < -0.4 is 5.32 Å². The molecule has 2 aromatic rings. The fourth-order valence-corrected chi connectivity index (χ4v) is 1.49. The quantitative estimate of drug-likeness (QED) is 0.668. The van der Waals surface area contributed by atoms with Crippen LogP contribution in [0, 0.1) is 0 Å². The number of aromatic nitrogens is 3. The molecule has 0 bridgehead atoms. The van der Waals surface area contributed by atoms with E-state index < -0.39 is 0 Å². The Bertz CT molecular complexity index is 409. The van der Waals surface area contributed by atoms with E-state index in [0.717, 1.165) is 16.9 Å². The van der Waals surface area contributed by atoms with Crippen LogP contribution in [0.2, 0.25) is 0 Å². The van der Waals surface area contributed by atoms with Gasteiger partial charge in [-0.3, -0.25) is 0 Å². The number of nitrogens with one attached hydrogen (secondary N) is 1. The fraction of sp³-hybridized carbons (Fsp3) is 0.143. The maximum atomic E-state index is 4.21. The van der Waals surface area contributed by atoms with E-state index in [2.05, 4.69) is 24.7 Å². The van der Waals surface area contributed by atoms with Crippen LogP contribution in [0.15, 0.2) is 18.6 Å². The first-order valence-corrected chi connectivity index (χ1v) is 4.09. The van der Waals surface area contributed by atoms with Crippen molar-refractivity contribution in [2.75, 3.05) is 12.4 Å². The lowest BCUT2D eigenvalue weighted by atomic mass is 10.4. The molecule has 1 N–H and O–H groups in total.